The summed E-state index contributed by atoms with van der Waals surface area (Å²) in [5.41, 5.74) is 4.03. The Kier molecular flexibility index (Phi) is 6.78. The number of hydrogen-bond acceptors (Lipinski definition) is 7. The van der Waals surface area contributed by atoms with E-state index in [-0.39, 0.29) is 30.3 Å². The van der Waals surface area contributed by atoms with E-state index in [0.717, 1.165) is 22.5 Å². The van der Waals surface area contributed by atoms with E-state index in [2.05, 4.69) is 55.1 Å². The fourth-order valence-electron chi connectivity index (χ4n) is 4.43. The number of carbonyl (C=O) groups is 1. The molecule has 9 nitrogen and oxygen atoms in total. The minimum atomic E-state index is -0.237. The summed E-state index contributed by atoms with van der Waals surface area (Å²) in [6.07, 6.45) is 1.33. The lowest BCUT2D eigenvalue weighted by atomic mass is 10.1. The Balaban J connectivity index is 1.17. The second-order valence-electron chi connectivity index (χ2n) is 8.97. The standard InChI is InChI=1S/C26H30N6O3/c1-32(2)19-10-8-18(9-11-19)20-12-13-27-25(29-20)30-21-15-34-24-22(16-35-23(21)24)31-26(33)28-14-17-6-4-3-5-7-17/h3-13,21-24H,14-16H2,1-2H3,(H,27,29,30)(H2,28,31,33). The molecule has 3 heterocycles. The summed E-state index contributed by atoms with van der Waals surface area (Å²) >= 11 is 0. The molecule has 3 aromatic rings. The minimum absolute atomic E-state index is 0.106. The maximum absolute atomic E-state index is 12.4. The van der Waals surface area contributed by atoms with Crippen LogP contribution in [-0.2, 0) is 16.0 Å². The van der Waals surface area contributed by atoms with Crippen LogP contribution in [0.1, 0.15) is 5.56 Å². The van der Waals surface area contributed by atoms with Crippen molar-refractivity contribution in [1.82, 2.24) is 20.6 Å². The first-order valence-corrected chi connectivity index (χ1v) is 11.8. The van der Waals surface area contributed by atoms with Crippen LogP contribution in [0.25, 0.3) is 11.3 Å². The number of nitrogens with one attached hydrogen (secondary N) is 3. The van der Waals surface area contributed by atoms with E-state index >= 15 is 0 Å². The highest BCUT2D eigenvalue weighted by Gasteiger charge is 2.48. The third-order valence-electron chi connectivity index (χ3n) is 6.32. The highest BCUT2D eigenvalue weighted by atomic mass is 16.6. The Morgan fingerprint density at radius 2 is 1.69 bits per heavy atom. The number of carbonyl (C=O) groups excluding carboxylic acids is 1. The summed E-state index contributed by atoms with van der Waals surface area (Å²) in [5, 5.41) is 9.24. The van der Waals surface area contributed by atoms with E-state index in [1.54, 1.807) is 6.20 Å². The molecule has 4 unspecified atom stereocenters. The van der Waals surface area contributed by atoms with Crippen LogP contribution in [0.3, 0.4) is 0 Å². The molecule has 0 bridgehead atoms. The lowest BCUT2D eigenvalue weighted by Crippen LogP contribution is -2.48. The third-order valence-corrected chi connectivity index (χ3v) is 6.32. The highest BCUT2D eigenvalue weighted by Crippen LogP contribution is 2.29. The molecule has 2 fully saturated rings. The average Bonchev–Trinajstić information content (AvgIpc) is 3.47. The second-order valence-corrected chi connectivity index (χ2v) is 8.97. The fourth-order valence-corrected chi connectivity index (χ4v) is 4.43. The molecule has 182 valence electrons. The van der Waals surface area contributed by atoms with E-state index in [9.17, 15) is 4.79 Å². The van der Waals surface area contributed by atoms with Crippen LogP contribution in [0.15, 0.2) is 66.9 Å². The van der Waals surface area contributed by atoms with Gasteiger partial charge < -0.3 is 30.3 Å². The largest absolute Gasteiger partial charge is 0.378 e. The summed E-state index contributed by atoms with van der Waals surface area (Å²) in [4.78, 5) is 23.5. The molecule has 5 rings (SSSR count). The molecule has 3 N–H and O–H groups in total. The number of benzene rings is 2. The fraction of sp³-hybridized carbons (Fsp3) is 0.346. The number of ether oxygens (including phenoxy) is 2. The van der Waals surface area contributed by atoms with E-state index < -0.39 is 0 Å². The summed E-state index contributed by atoms with van der Waals surface area (Å²) in [6, 6.07) is 19.4. The molecule has 0 radical (unpaired) electrons. The number of fused-ring (bicyclic) bond motifs is 1. The van der Waals surface area contributed by atoms with Crippen molar-refractivity contribution < 1.29 is 14.3 Å². The minimum Gasteiger partial charge on any atom is -0.378 e. The maximum Gasteiger partial charge on any atom is 0.315 e. The van der Waals surface area contributed by atoms with Crippen LogP contribution in [0.4, 0.5) is 16.4 Å². The van der Waals surface area contributed by atoms with Crippen molar-refractivity contribution in [2.24, 2.45) is 0 Å². The van der Waals surface area contributed by atoms with Crippen molar-refractivity contribution in [2.45, 2.75) is 30.8 Å². The molecule has 2 aromatic carbocycles. The second kappa shape index (κ2) is 10.3. The number of anilines is 2. The van der Waals surface area contributed by atoms with Gasteiger partial charge in [0.05, 0.1) is 31.0 Å². The molecule has 9 heteroatoms. The first-order chi connectivity index (χ1) is 17.1. The monoisotopic (exact) mass is 474 g/mol. The van der Waals surface area contributed by atoms with Crippen molar-refractivity contribution in [3.63, 3.8) is 0 Å². The zero-order valence-electron chi connectivity index (χ0n) is 19.8. The first kappa shape index (κ1) is 23.1. The summed E-state index contributed by atoms with van der Waals surface area (Å²) in [6.45, 7) is 1.31. The van der Waals surface area contributed by atoms with E-state index in [4.69, 9.17) is 9.47 Å². The van der Waals surface area contributed by atoms with Gasteiger partial charge in [-0.3, -0.25) is 0 Å². The average molecular weight is 475 g/mol. The molecule has 2 aliphatic rings. The predicted octanol–water partition coefficient (Wildman–Crippen LogP) is 2.66. The number of rotatable bonds is 7. The lowest BCUT2D eigenvalue weighted by molar-refractivity contribution is 0.0682. The van der Waals surface area contributed by atoms with Gasteiger partial charge in [0.15, 0.2) is 0 Å². The Bertz CT molecular complexity index is 1140. The summed E-state index contributed by atoms with van der Waals surface area (Å²) in [5.74, 6) is 0.522. The van der Waals surface area contributed by atoms with Gasteiger partial charge >= 0.3 is 6.03 Å². The van der Waals surface area contributed by atoms with Crippen LogP contribution >= 0.6 is 0 Å². The molecule has 2 amide bonds. The number of hydrogen-bond donors (Lipinski definition) is 3. The van der Waals surface area contributed by atoms with E-state index in [1.807, 2.05) is 50.5 Å². The van der Waals surface area contributed by atoms with Crippen LogP contribution in [-0.4, -0.2) is 67.6 Å². The molecule has 1 aromatic heterocycles. The number of urea groups is 1. The van der Waals surface area contributed by atoms with Crippen molar-refractivity contribution in [1.29, 1.82) is 0 Å². The zero-order chi connectivity index (χ0) is 24.2. The van der Waals surface area contributed by atoms with Crippen molar-refractivity contribution in [2.75, 3.05) is 37.5 Å². The maximum atomic E-state index is 12.4. The number of aromatic nitrogens is 2. The summed E-state index contributed by atoms with van der Waals surface area (Å²) < 4.78 is 12.0. The van der Waals surface area contributed by atoms with Gasteiger partial charge in [-0.25, -0.2) is 14.8 Å². The molecule has 2 saturated heterocycles. The Labute approximate surface area is 204 Å². The molecule has 4 atom stereocenters. The Hall–Kier alpha value is -3.69. The van der Waals surface area contributed by atoms with Crippen LogP contribution in [0, 0.1) is 0 Å². The SMILES string of the molecule is CN(C)c1ccc(-c2ccnc(NC3COC4C(NC(=O)NCc5ccccc5)COC34)n2)cc1. The van der Waals surface area contributed by atoms with Gasteiger partial charge in [-0.1, -0.05) is 42.5 Å². The van der Waals surface area contributed by atoms with Crippen molar-refractivity contribution >= 4 is 17.7 Å². The third kappa shape index (κ3) is 5.36. The van der Waals surface area contributed by atoms with Gasteiger partial charge in [-0.15, -0.1) is 0 Å². The number of nitrogens with zero attached hydrogens (tertiary/aromatic N) is 3. The highest BCUT2D eigenvalue weighted by molar-refractivity contribution is 5.74. The molecular weight excluding hydrogens is 444 g/mol. The van der Waals surface area contributed by atoms with Gasteiger partial charge in [0, 0.05) is 38.1 Å². The van der Waals surface area contributed by atoms with Gasteiger partial charge in [0.25, 0.3) is 0 Å². The summed E-state index contributed by atoms with van der Waals surface area (Å²) in [7, 11) is 4.03. The number of amides is 2. The van der Waals surface area contributed by atoms with E-state index in [1.165, 1.54) is 0 Å². The predicted molar refractivity (Wildman–Crippen MR) is 134 cm³/mol. The van der Waals surface area contributed by atoms with Crippen molar-refractivity contribution in [3.8, 4) is 11.3 Å². The molecule has 35 heavy (non-hydrogen) atoms. The molecule has 0 spiro atoms. The normalized spacial score (nSPS) is 22.9. The molecule has 0 saturated carbocycles. The van der Waals surface area contributed by atoms with E-state index in [0.29, 0.717) is 25.7 Å². The first-order valence-electron chi connectivity index (χ1n) is 11.8. The van der Waals surface area contributed by atoms with Crippen molar-refractivity contribution in [3.05, 3.63) is 72.4 Å². The topological polar surface area (TPSA) is 101 Å². The van der Waals surface area contributed by atoms with Gasteiger partial charge in [-0.2, -0.15) is 0 Å². The smallest absolute Gasteiger partial charge is 0.315 e. The van der Waals surface area contributed by atoms with Gasteiger partial charge in [0.2, 0.25) is 5.95 Å². The van der Waals surface area contributed by atoms with Gasteiger partial charge in [0.1, 0.15) is 12.2 Å². The van der Waals surface area contributed by atoms with Crippen LogP contribution in [0.2, 0.25) is 0 Å². The Morgan fingerprint density at radius 3 is 2.43 bits per heavy atom. The zero-order valence-corrected chi connectivity index (χ0v) is 19.8. The lowest BCUT2D eigenvalue weighted by Gasteiger charge is -2.19. The molecule has 2 aliphatic heterocycles. The molecule has 0 aliphatic carbocycles. The van der Waals surface area contributed by atoms with Crippen LogP contribution < -0.4 is 20.9 Å². The van der Waals surface area contributed by atoms with Gasteiger partial charge in [-0.05, 0) is 23.8 Å². The molecular formula is C26H30N6O3. The Morgan fingerprint density at radius 1 is 0.971 bits per heavy atom. The quantitative estimate of drug-likeness (QED) is 0.484. The van der Waals surface area contributed by atoms with Crippen LogP contribution in [0.5, 0.6) is 0 Å².